The van der Waals surface area contributed by atoms with E-state index in [-0.39, 0.29) is 17.6 Å². The van der Waals surface area contributed by atoms with Gasteiger partial charge in [0.2, 0.25) is 0 Å². The van der Waals surface area contributed by atoms with Crippen molar-refractivity contribution >= 4 is 0 Å². The van der Waals surface area contributed by atoms with Crippen LogP contribution in [0.15, 0.2) is 18.2 Å². The van der Waals surface area contributed by atoms with Crippen molar-refractivity contribution in [3.05, 3.63) is 23.8 Å². The van der Waals surface area contributed by atoms with Crippen LogP contribution in [0.5, 0.6) is 11.5 Å². The van der Waals surface area contributed by atoms with Crippen LogP contribution in [0.25, 0.3) is 0 Å². The minimum absolute atomic E-state index is 0.0119. The fourth-order valence-electron chi connectivity index (χ4n) is 1.03. The Morgan fingerprint density at radius 2 is 2.09 bits per heavy atom. The molecule has 1 atom stereocenters. The van der Waals surface area contributed by atoms with E-state index in [9.17, 15) is 5.11 Å². The van der Waals surface area contributed by atoms with E-state index in [1.807, 2.05) is 0 Å². The zero-order valence-electron chi connectivity index (χ0n) is 5.82. The maximum Gasteiger partial charge on any atom is 0.121 e. The second kappa shape index (κ2) is 2.13. The summed E-state index contributed by atoms with van der Waals surface area (Å²) in [6, 6.07) is 4.43. The highest BCUT2D eigenvalue weighted by Gasteiger charge is 2.27. The topological polar surface area (TPSA) is 53.0 Å². The molecule has 1 aliphatic rings. The van der Waals surface area contributed by atoms with Gasteiger partial charge in [0.05, 0.1) is 6.61 Å². The fraction of sp³-hybridized carbons (Fsp3) is 0.250. The molecule has 0 aromatic heterocycles. The first-order valence-electron chi connectivity index (χ1n) is 3.41. The molecule has 1 aromatic rings. The molecule has 0 spiro atoms. The van der Waals surface area contributed by atoms with Gasteiger partial charge in [-0.2, -0.15) is 0 Å². The normalized spacial score (nSPS) is 21.6. The molecule has 1 aromatic carbocycles. The molecule has 3 nitrogen and oxygen atoms in total. The number of hydrogen-bond acceptors (Lipinski definition) is 3. The number of aromatic hydroxyl groups is 2. The third-order valence-electron chi connectivity index (χ3n) is 1.69. The highest BCUT2D eigenvalue weighted by Crippen LogP contribution is 2.37. The summed E-state index contributed by atoms with van der Waals surface area (Å²) >= 11 is 0. The molecule has 1 saturated heterocycles. The standard InChI is InChI=1S/C8H8O3/c9-5-1-2-7(10)6(3-5)8-4-11-8/h1-3,8-10H,4H2. The lowest BCUT2D eigenvalue weighted by Crippen LogP contribution is -1.80. The molecule has 2 N–H and O–H groups in total. The number of phenolic OH excluding ortho intramolecular Hbond substituents is 2. The van der Waals surface area contributed by atoms with Gasteiger partial charge in [-0.25, -0.2) is 0 Å². The van der Waals surface area contributed by atoms with Gasteiger partial charge in [-0.3, -0.25) is 0 Å². The third-order valence-corrected chi connectivity index (χ3v) is 1.69. The van der Waals surface area contributed by atoms with Gasteiger partial charge in [0.25, 0.3) is 0 Å². The molecule has 1 aliphatic heterocycles. The van der Waals surface area contributed by atoms with Crippen molar-refractivity contribution in [2.45, 2.75) is 6.10 Å². The Labute approximate surface area is 63.9 Å². The number of epoxide rings is 1. The van der Waals surface area contributed by atoms with Crippen molar-refractivity contribution in [3.63, 3.8) is 0 Å². The first-order valence-corrected chi connectivity index (χ1v) is 3.41. The molecule has 0 saturated carbocycles. The Morgan fingerprint density at radius 3 is 2.73 bits per heavy atom. The summed E-state index contributed by atoms with van der Waals surface area (Å²) in [6.45, 7) is 0.636. The average molecular weight is 152 g/mol. The van der Waals surface area contributed by atoms with Crippen molar-refractivity contribution in [1.82, 2.24) is 0 Å². The molecule has 0 aliphatic carbocycles. The van der Waals surface area contributed by atoms with Crippen molar-refractivity contribution in [2.24, 2.45) is 0 Å². The van der Waals surface area contributed by atoms with Crippen LogP contribution in [0.1, 0.15) is 11.7 Å². The van der Waals surface area contributed by atoms with E-state index in [1.165, 1.54) is 18.2 Å². The molecular weight excluding hydrogens is 144 g/mol. The number of ether oxygens (including phenoxy) is 1. The quantitative estimate of drug-likeness (QED) is 0.469. The van der Waals surface area contributed by atoms with E-state index in [4.69, 9.17) is 9.84 Å². The minimum atomic E-state index is -0.0119. The molecule has 1 heterocycles. The number of hydrogen-bond donors (Lipinski definition) is 2. The maximum absolute atomic E-state index is 9.25. The Balaban J connectivity index is 2.42. The second-order valence-electron chi connectivity index (χ2n) is 2.57. The lowest BCUT2D eigenvalue weighted by Gasteiger charge is -1.99. The van der Waals surface area contributed by atoms with Gasteiger partial charge in [0, 0.05) is 5.56 Å². The van der Waals surface area contributed by atoms with Crippen LogP contribution in [0.4, 0.5) is 0 Å². The molecule has 0 bridgehead atoms. The Morgan fingerprint density at radius 1 is 1.36 bits per heavy atom. The van der Waals surface area contributed by atoms with Gasteiger partial charge in [-0.05, 0) is 18.2 Å². The first kappa shape index (κ1) is 6.49. The van der Waals surface area contributed by atoms with E-state index in [2.05, 4.69) is 0 Å². The lowest BCUT2D eigenvalue weighted by molar-refractivity contribution is 0.397. The molecule has 1 fully saturated rings. The number of benzene rings is 1. The van der Waals surface area contributed by atoms with E-state index in [0.29, 0.717) is 12.2 Å². The molecule has 0 radical (unpaired) electrons. The van der Waals surface area contributed by atoms with Gasteiger partial charge in [0.1, 0.15) is 17.6 Å². The summed E-state index contributed by atoms with van der Waals surface area (Å²) < 4.78 is 4.96. The van der Waals surface area contributed by atoms with Gasteiger partial charge in [-0.1, -0.05) is 0 Å². The monoisotopic (exact) mass is 152 g/mol. The highest BCUT2D eigenvalue weighted by molar-refractivity contribution is 5.41. The van der Waals surface area contributed by atoms with Crippen LogP contribution in [-0.2, 0) is 4.74 Å². The second-order valence-corrected chi connectivity index (χ2v) is 2.57. The van der Waals surface area contributed by atoms with Crippen molar-refractivity contribution in [1.29, 1.82) is 0 Å². The summed E-state index contributed by atoms with van der Waals surface area (Å²) in [5.41, 5.74) is 0.671. The molecule has 2 rings (SSSR count). The third kappa shape index (κ3) is 1.14. The average Bonchev–Trinajstić information content (AvgIpc) is 2.76. The van der Waals surface area contributed by atoms with Crippen LogP contribution in [0, 0.1) is 0 Å². The fourth-order valence-corrected chi connectivity index (χ4v) is 1.03. The predicted molar refractivity (Wildman–Crippen MR) is 38.5 cm³/mol. The van der Waals surface area contributed by atoms with Crippen LogP contribution in [0.3, 0.4) is 0 Å². The molecule has 1 unspecified atom stereocenters. The zero-order chi connectivity index (χ0) is 7.84. The predicted octanol–water partition coefficient (Wildman–Crippen LogP) is 1.17. The van der Waals surface area contributed by atoms with Crippen molar-refractivity contribution in [3.8, 4) is 11.5 Å². The van der Waals surface area contributed by atoms with Crippen molar-refractivity contribution < 1.29 is 14.9 Å². The first-order chi connectivity index (χ1) is 5.27. The zero-order valence-corrected chi connectivity index (χ0v) is 5.82. The van der Waals surface area contributed by atoms with E-state index in [1.54, 1.807) is 0 Å². The Hall–Kier alpha value is -1.22. The van der Waals surface area contributed by atoms with Crippen LogP contribution < -0.4 is 0 Å². The summed E-state index contributed by atoms with van der Waals surface area (Å²) in [5, 5.41) is 18.3. The maximum atomic E-state index is 9.25. The Kier molecular flexibility index (Phi) is 1.26. The molecular formula is C8H8O3. The van der Waals surface area contributed by atoms with Crippen LogP contribution >= 0.6 is 0 Å². The van der Waals surface area contributed by atoms with Gasteiger partial charge < -0.3 is 14.9 Å². The van der Waals surface area contributed by atoms with E-state index >= 15 is 0 Å². The lowest BCUT2D eigenvalue weighted by atomic mass is 10.1. The van der Waals surface area contributed by atoms with Gasteiger partial charge in [0.15, 0.2) is 0 Å². The van der Waals surface area contributed by atoms with Gasteiger partial charge >= 0.3 is 0 Å². The Bertz CT molecular complexity index is 279. The van der Waals surface area contributed by atoms with Gasteiger partial charge in [-0.15, -0.1) is 0 Å². The largest absolute Gasteiger partial charge is 0.508 e. The number of phenols is 2. The smallest absolute Gasteiger partial charge is 0.121 e. The summed E-state index contributed by atoms with van der Waals surface area (Å²) in [5.74, 6) is 0.346. The number of rotatable bonds is 1. The summed E-state index contributed by atoms with van der Waals surface area (Å²) in [6.07, 6.45) is -0.0119. The molecule has 3 heteroatoms. The van der Waals surface area contributed by atoms with E-state index in [0.717, 1.165) is 0 Å². The minimum Gasteiger partial charge on any atom is -0.508 e. The summed E-state index contributed by atoms with van der Waals surface area (Å²) in [7, 11) is 0. The van der Waals surface area contributed by atoms with Crippen LogP contribution in [-0.4, -0.2) is 16.8 Å². The van der Waals surface area contributed by atoms with E-state index < -0.39 is 0 Å². The molecule has 11 heavy (non-hydrogen) atoms. The highest BCUT2D eigenvalue weighted by atomic mass is 16.6. The summed E-state index contributed by atoms with van der Waals surface area (Å²) in [4.78, 5) is 0. The molecule has 58 valence electrons. The molecule has 0 amide bonds. The SMILES string of the molecule is Oc1ccc(O)c(C2CO2)c1. The van der Waals surface area contributed by atoms with Crippen LogP contribution in [0.2, 0.25) is 0 Å². The van der Waals surface area contributed by atoms with Crippen molar-refractivity contribution in [2.75, 3.05) is 6.61 Å².